The lowest BCUT2D eigenvalue weighted by Gasteiger charge is -2.63. The van der Waals surface area contributed by atoms with Crippen molar-refractivity contribution in [2.24, 2.45) is 39.9 Å². The van der Waals surface area contributed by atoms with Crippen LogP contribution in [0.1, 0.15) is 84.5 Å². The first-order valence-electron chi connectivity index (χ1n) is 9.99. The first-order valence-corrected chi connectivity index (χ1v) is 9.99. The molecule has 6 unspecified atom stereocenters. The highest BCUT2D eigenvalue weighted by Crippen LogP contribution is 2.77. The molecular weight excluding hydrogens is 268 g/mol. The van der Waals surface area contributed by atoms with E-state index in [9.17, 15) is 4.79 Å². The SMILES string of the molecule is CC12CCCC1C1CCC3CC(=O)CCC3(C)C1C1(CC1)C2. The molecule has 0 bridgehead atoms. The fourth-order valence-corrected chi connectivity index (χ4v) is 8.47. The molecule has 122 valence electrons. The first kappa shape index (κ1) is 14.1. The van der Waals surface area contributed by atoms with Crippen molar-refractivity contribution in [1.82, 2.24) is 0 Å². The quantitative estimate of drug-likeness (QED) is 0.587. The van der Waals surface area contributed by atoms with Gasteiger partial charge in [-0.05, 0) is 91.3 Å². The Kier molecular flexibility index (Phi) is 2.68. The number of carbonyl (C=O) groups is 1. The lowest BCUT2D eigenvalue weighted by atomic mass is 9.41. The van der Waals surface area contributed by atoms with Crippen molar-refractivity contribution < 1.29 is 4.79 Å². The predicted octanol–water partition coefficient (Wildman–Crippen LogP) is 5.38. The third kappa shape index (κ3) is 1.64. The van der Waals surface area contributed by atoms with E-state index < -0.39 is 0 Å². The van der Waals surface area contributed by atoms with E-state index in [4.69, 9.17) is 0 Å². The largest absolute Gasteiger partial charge is 0.300 e. The number of fused-ring (bicyclic) bond motifs is 6. The van der Waals surface area contributed by atoms with E-state index in [0.717, 1.165) is 36.5 Å². The van der Waals surface area contributed by atoms with Crippen LogP contribution in [0, 0.1) is 39.9 Å². The molecule has 1 heteroatoms. The van der Waals surface area contributed by atoms with Gasteiger partial charge in [0.05, 0.1) is 0 Å². The summed E-state index contributed by atoms with van der Waals surface area (Å²) in [6.45, 7) is 5.25. The van der Waals surface area contributed by atoms with Crippen LogP contribution in [0.4, 0.5) is 0 Å². The monoisotopic (exact) mass is 300 g/mol. The Labute approximate surface area is 135 Å². The number of Topliss-reactive ketones (excluding diaryl/α,β-unsaturated/α-hetero) is 1. The Balaban J connectivity index is 1.56. The molecule has 5 fully saturated rings. The first-order chi connectivity index (χ1) is 10.5. The van der Waals surface area contributed by atoms with Crippen LogP contribution < -0.4 is 0 Å². The smallest absolute Gasteiger partial charge is 0.133 e. The highest BCUT2D eigenvalue weighted by molar-refractivity contribution is 5.79. The van der Waals surface area contributed by atoms with Gasteiger partial charge in [0.15, 0.2) is 0 Å². The van der Waals surface area contributed by atoms with Gasteiger partial charge < -0.3 is 0 Å². The van der Waals surface area contributed by atoms with Crippen molar-refractivity contribution in [3.8, 4) is 0 Å². The molecular formula is C21H32O. The van der Waals surface area contributed by atoms with Crippen LogP contribution in [-0.4, -0.2) is 5.78 Å². The molecule has 0 N–H and O–H groups in total. The average molecular weight is 300 g/mol. The summed E-state index contributed by atoms with van der Waals surface area (Å²) in [5.41, 5.74) is 1.87. The maximum absolute atomic E-state index is 12.0. The zero-order valence-corrected chi connectivity index (χ0v) is 14.5. The molecule has 0 aliphatic heterocycles. The van der Waals surface area contributed by atoms with Crippen molar-refractivity contribution in [3.63, 3.8) is 0 Å². The molecule has 5 saturated carbocycles. The Morgan fingerprint density at radius 2 is 1.82 bits per heavy atom. The molecule has 0 radical (unpaired) electrons. The Morgan fingerprint density at radius 3 is 2.59 bits per heavy atom. The van der Waals surface area contributed by atoms with Gasteiger partial charge in [-0.3, -0.25) is 4.79 Å². The van der Waals surface area contributed by atoms with E-state index in [2.05, 4.69) is 13.8 Å². The molecule has 5 aliphatic rings. The molecule has 0 amide bonds. The number of ketones is 1. The lowest BCUT2D eigenvalue weighted by molar-refractivity contribution is -0.155. The van der Waals surface area contributed by atoms with Crippen molar-refractivity contribution in [2.45, 2.75) is 84.5 Å². The average Bonchev–Trinajstić information content (AvgIpc) is 3.10. The van der Waals surface area contributed by atoms with E-state index in [-0.39, 0.29) is 0 Å². The second kappa shape index (κ2) is 4.19. The van der Waals surface area contributed by atoms with Gasteiger partial charge in [-0.1, -0.05) is 20.3 Å². The Hall–Kier alpha value is -0.330. The lowest BCUT2D eigenvalue weighted by Crippen LogP contribution is -2.57. The standard InChI is InChI=1S/C21H32O/c1-19-8-3-4-17(19)16-6-5-14-12-15(22)7-9-20(14,2)18(16)21(13-19)10-11-21/h14,16-18H,3-13H2,1-2H3. The number of carbonyl (C=O) groups excluding carboxylic acids is 1. The second-order valence-electron chi connectivity index (χ2n) is 10.4. The van der Waals surface area contributed by atoms with E-state index in [1.807, 2.05) is 0 Å². The number of hydrogen-bond donors (Lipinski definition) is 0. The fraction of sp³-hybridized carbons (Fsp3) is 0.952. The van der Waals surface area contributed by atoms with Gasteiger partial charge in [0, 0.05) is 12.8 Å². The predicted molar refractivity (Wildman–Crippen MR) is 88.4 cm³/mol. The summed E-state index contributed by atoms with van der Waals surface area (Å²) in [7, 11) is 0. The van der Waals surface area contributed by atoms with E-state index in [1.54, 1.807) is 0 Å². The van der Waals surface area contributed by atoms with Crippen LogP contribution in [0.2, 0.25) is 0 Å². The molecule has 0 heterocycles. The van der Waals surface area contributed by atoms with Crippen molar-refractivity contribution in [2.75, 3.05) is 0 Å². The highest BCUT2D eigenvalue weighted by Gasteiger charge is 2.69. The second-order valence-corrected chi connectivity index (χ2v) is 10.4. The molecule has 6 atom stereocenters. The van der Waals surface area contributed by atoms with Crippen LogP contribution >= 0.6 is 0 Å². The summed E-state index contributed by atoms with van der Waals surface area (Å²) in [5, 5.41) is 0. The van der Waals surface area contributed by atoms with Crippen LogP contribution in [0.5, 0.6) is 0 Å². The fourth-order valence-electron chi connectivity index (χ4n) is 8.47. The molecule has 1 nitrogen and oxygen atoms in total. The number of hydrogen-bond acceptors (Lipinski definition) is 1. The van der Waals surface area contributed by atoms with Gasteiger partial charge in [0.1, 0.15) is 5.78 Å². The summed E-state index contributed by atoms with van der Waals surface area (Å²) in [6, 6.07) is 0. The summed E-state index contributed by atoms with van der Waals surface area (Å²) in [5.74, 6) is 4.26. The highest BCUT2D eigenvalue weighted by atomic mass is 16.1. The molecule has 0 saturated heterocycles. The van der Waals surface area contributed by atoms with Gasteiger partial charge in [-0.2, -0.15) is 0 Å². The minimum absolute atomic E-state index is 0.497. The van der Waals surface area contributed by atoms with Crippen LogP contribution in [0.3, 0.4) is 0 Å². The van der Waals surface area contributed by atoms with Gasteiger partial charge in [-0.25, -0.2) is 0 Å². The maximum Gasteiger partial charge on any atom is 0.133 e. The molecule has 22 heavy (non-hydrogen) atoms. The van der Waals surface area contributed by atoms with Crippen molar-refractivity contribution >= 4 is 5.78 Å². The molecule has 0 aromatic rings. The molecule has 5 aliphatic carbocycles. The summed E-state index contributed by atoms with van der Waals surface area (Å²) < 4.78 is 0. The Bertz CT molecular complexity index is 518. The zero-order valence-electron chi connectivity index (χ0n) is 14.5. The Morgan fingerprint density at radius 1 is 1.00 bits per heavy atom. The minimum atomic E-state index is 0.497. The topological polar surface area (TPSA) is 17.1 Å². The summed E-state index contributed by atoms with van der Waals surface area (Å²) >= 11 is 0. The third-order valence-electron chi connectivity index (χ3n) is 9.32. The van der Waals surface area contributed by atoms with E-state index in [0.29, 0.717) is 22.0 Å². The summed E-state index contributed by atoms with van der Waals surface area (Å²) in [4.78, 5) is 12.0. The van der Waals surface area contributed by atoms with Crippen LogP contribution in [0.15, 0.2) is 0 Å². The molecule has 0 aromatic carbocycles. The normalized spacial score (nSPS) is 55.5. The number of rotatable bonds is 0. The van der Waals surface area contributed by atoms with Crippen LogP contribution in [-0.2, 0) is 4.79 Å². The molecule has 0 aromatic heterocycles. The van der Waals surface area contributed by atoms with Gasteiger partial charge in [0.25, 0.3) is 0 Å². The third-order valence-corrected chi connectivity index (χ3v) is 9.32. The van der Waals surface area contributed by atoms with Crippen molar-refractivity contribution in [1.29, 1.82) is 0 Å². The van der Waals surface area contributed by atoms with Gasteiger partial charge >= 0.3 is 0 Å². The van der Waals surface area contributed by atoms with E-state index in [1.165, 1.54) is 57.8 Å². The zero-order chi connectivity index (χ0) is 15.2. The van der Waals surface area contributed by atoms with Gasteiger partial charge in [-0.15, -0.1) is 0 Å². The van der Waals surface area contributed by atoms with Crippen molar-refractivity contribution in [3.05, 3.63) is 0 Å². The van der Waals surface area contributed by atoms with Gasteiger partial charge in [0.2, 0.25) is 0 Å². The van der Waals surface area contributed by atoms with E-state index >= 15 is 0 Å². The summed E-state index contributed by atoms with van der Waals surface area (Å²) in [6.07, 6.45) is 14.8. The molecule has 1 spiro atoms. The maximum atomic E-state index is 12.0. The molecule has 5 rings (SSSR count). The minimum Gasteiger partial charge on any atom is -0.300 e. The van der Waals surface area contributed by atoms with Crippen LogP contribution in [0.25, 0.3) is 0 Å².